The van der Waals surface area contributed by atoms with E-state index in [0.717, 1.165) is 37.5 Å². The second-order valence-corrected chi connectivity index (χ2v) is 7.37. The molecular weight excluding hydrogens is 354 g/mol. The van der Waals surface area contributed by atoms with E-state index in [0.29, 0.717) is 11.6 Å². The van der Waals surface area contributed by atoms with Gasteiger partial charge in [-0.3, -0.25) is 10.1 Å². The summed E-state index contributed by atoms with van der Waals surface area (Å²) in [6.07, 6.45) is 2.92. The van der Waals surface area contributed by atoms with Gasteiger partial charge in [-0.25, -0.2) is 9.79 Å². The summed E-state index contributed by atoms with van der Waals surface area (Å²) in [5, 5.41) is 3.10. The second kappa shape index (κ2) is 6.79. The normalized spacial score (nSPS) is 25.9. The quantitative estimate of drug-likeness (QED) is 0.856. The van der Waals surface area contributed by atoms with Crippen LogP contribution in [-0.4, -0.2) is 64.9 Å². The molecule has 2 atom stereocenters. The van der Waals surface area contributed by atoms with E-state index in [9.17, 15) is 9.59 Å². The van der Waals surface area contributed by atoms with E-state index in [2.05, 4.69) is 10.2 Å². The Morgan fingerprint density at radius 3 is 2.65 bits per heavy atom. The Balaban J connectivity index is 1.69. The Morgan fingerprint density at radius 2 is 1.92 bits per heavy atom. The molecule has 7 nitrogen and oxygen atoms in total. The molecule has 26 heavy (non-hydrogen) atoms. The molecule has 3 aliphatic heterocycles. The summed E-state index contributed by atoms with van der Waals surface area (Å²) in [6, 6.07) is 6.68. The Labute approximate surface area is 157 Å². The maximum absolute atomic E-state index is 12.6. The van der Waals surface area contributed by atoms with E-state index in [4.69, 9.17) is 16.6 Å². The van der Waals surface area contributed by atoms with Crippen LogP contribution in [-0.2, 0) is 11.3 Å². The third-order valence-corrected chi connectivity index (χ3v) is 5.64. The molecule has 3 aliphatic rings. The molecule has 4 rings (SSSR count). The van der Waals surface area contributed by atoms with E-state index in [1.165, 1.54) is 11.3 Å². The predicted molar refractivity (Wildman–Crippen MR) is 98.7 cm³/mol. The van der Waals surface area contributed by atoms with Crippen molar-refractivity contribution in [1.29, 1.82) is 0 Å². The highest BCUT2D eigenvalue weighted by Crippen LogP contribution is 2.29. The van der Waals surface area contributed by atoms with Gasteiger partial charge in [0.15, 0.2) is 18.2 Å². The lowest BCUT2D eigenvalue weighted by atomic mass is 10.1. The van der Waals surface area contributed by atoms with Gasteiger partial charge in [-0.2, -0.15) is 0 Å². The maximum Gasteiger partial charge on any atom is 0.325 e. The number of piperidine rings is 1. The molecule has 0 spiro atoms. The van der Waals surface area contributed by atoms with Crippen molar-refractivity contribution in [1.82, 2.24) is 20.0 Å². The van der Waals surface area contributed by atoms with Gasteiger partial charge < -0.3 is 14.7 Å². The van der Waals surface area contributed by atoms with Gasteiger partial charge in [0.05, 0.1) is 0 Å². The summed E-state index contributed by atoms with van der Waals surface area (Å²) in [4.78, 5) is 35.2. The second-order valence-electron chi connectivity index (χ2n) is 6.96. The number of hydrogen-bond donors (Lipinski definition) is 1. The number of nitrogens with one attached hydrogen (secondary N) is 1. The summed E-state index contributed by atoms with van der Waals surface area (Å²) in [5.41, 5.74) is 0.937. The third-order valence-electron chi connectivity index (χ3n) is 5.28. The molecule has 2 saturated heterocycles. The summed E-state index contributed by atoms with van der Waals surface area (Å²) < 4.78 is 0. The zero-order chi connectivity index (χ0) is 18.3. The fraction of sp³-hybridized carbons (Fsp3) is 0.500. The van der Waals surface area contributed by atoms with E-state index >= 15 is 0 Å². The Morgan fingerprint density at radius 1 is 1.19 bits per heavy atom. The lowest BCUT2D eigenvalue weighted by Crippen LogP contribution is -2.64. The maximum atomic E-state index is 12.6. The fourth-order valence-corrected chi connectivity index (χ4v) is 4.04. The van der Waals surface area contributed by atoms with Gasteiger partial charge in [-0.15, -0.1) is 0 Å². The number of rotatable bonds is 2. The average molecular weight is 376 g/mol. The molecule has 2 unspecified atom stereocenters. The van der Waals surface area contributed by atoms with Crippen LogP contribution in [0.15, 0.2) is 29.3 Å². The number of urea groups is 1. The van der Waals surface area contributed by atoms with Gasteiger partial charge in [0.1, 0.15) is 0 Å². The minimum Gasteiger partial charge on any atom is -0.343 e. The summed E-state index contributed by atoms with van der Waals surface area (Å²) in [6.45, 7) is 2.30. The molecule has 0 bridgehead atoms. The summed E-state index contributed by atoms with van der Waals surface area (Å²) in [5.74, 6) is 0.484. The highest BCUT2D eigenvalue weighted by atomic mass is 35.5. The van der Waals surface area contributed by atoms with Crippen molar-refractivity contribution < 1.29 is 9.59 Å². The van der Waals surface area contributed by atoms with Crippen LogP contribution in [0.2, 0.25) is 5.02 Å². The topological polar surface area (TPSA) is 68.2 Å². The highest BCUT2D eigenvalue weighted by molar-refractivity contribution is 6.31. The van der Waals surface area contributed by atoms with Crippen LogP contribution in [0.25, 0.3) is 0 Å². The summed E-state index contributed by atoms with van der Waals surface area (Å²) >= 11 is 6.35. The molecule has 8 heteroatoms. The molecule has 0 saturated carbocycles. The Bertz CT molecular complexity index is 762. The molecule has 1 N–H and O–H groups in total. The smallest absolute Gasteiger partial charge is 0.325 e. The van der Waals surface area contributed by atoms with Crippen molar-refractivity contribution in [3.05, 3.63) is 34.9 Å². The number of benzene rings is 1. The first-order valence-electron chi connectivity index (χ1n) is 8.97. The molecule has 1 aromatic rings. The van der Waals surface area contributed by atoms with Crippen molar-refractivity contribution in [3.63, 3.8) is 0 Å². The van der Waals surface area contributed by atoms with Gasteiger partial charge >= 0.3 is 6.03 Å². The first-order valence-corrected chi connectivity index (χ1v) is 9.34. The van der Waals surface area contributed by atoms with E-state index in [1.807, 2.05) is 29.2 Å². The number of carbonyl (C=O) groups excluding carboxylic acids is 2. The number of imide groups is 1. The Hall–Kier alpha value is -2.28. The van der Waals surface area contributed by atoms with E-state index in [-0.39, 0.29) is 5.91 Å². The zero-order valence-electron chi connectivity index (χ0n) is 14.7. The monoisotopic (exact) mass is 375 g/mol. The predicted octanol–water partition coefficient (Wildman–Crippen LogP) is 1.87. The molecule has 1 aromatic carbocycles. The standard InChI is InChI=1S/C18H22ClN5O2/c1-22-15-14(16(25)21-18(22)26)24(11-12-7-3-4-8-13(12)19)17(20-15)23-9-5-2-6-10-23/h3-4,7-8,14-15H,2,5-6,9-11H2,1H3,(H,21,25,26). The van der Waals surface area contributed by atoms with Crippen LogP contribution in [0.1, 0.15) is 24.8 Å². The number of fused-ring (bicyclic) bond motifs is 1. The molecule has 138 valence electrons. The fourth-order valence-electron chi connectivity index (χ4n) is 3.85. The SMILES string of the molecule is CN1C(=O)NC(=O)C2C1N=C(N1CCCCC1)N2Cc1ccccc1Cl. The minimum atomic E-state index is -0.536. The zero-order valence-corrected chi connectivity index (χ0v) is 15.4. The molecule has 0 radical (unpaired) electrons. The number of halogens is 1. The first-order chi connectivity index (χ1) is 12.6. The van der Waals surface area contributed by atoms with Crippen molar-refractivity contribution in [2.24, 2.45) is 4.99 Å². The lowest BCUT2D eigenvalue weighted by Gasteiger charge is -2.38. The Kier molecular flexibility index (Phi) is 4.48. The summed E-state index contributed by atoms with van der Waals surface area (Å²) in [7, 11) is 1.68. The average Bonchev–Trinajstić information content (AvgIpc) is 3.02. The van der Waals surface area contributed by atoms with Gasteiger partial charge in [0.25, 0.3) is 5.91 Å². The number of hydrogen-bond acceptors (Lipinski definition) is 5. The highest BCUT2D eigenvalue weighted by Gasteiger charge is 2.49. The molecule has 0 aliphatic carbocycles. The van der Waals surface area contributed by atoms with Crippen LogP contribution >= 0.6 is 11.6 Å². The number of carbonyl (C=O) groups is 2. The first kappa shape index (κ1) is 17.1. The minimum absolute atomic E-state index is 0.305. The number of amides is 3. The van der Waals surface area contributed by atoms with Gasteiger partial charge in [-0.1, -0.05) is 29.8 Å². The van der Waals surface area contributed by atoms with Crippen molar-refractivity contribution in [3.8, 4) is 0 Å². The van der Waals surface area contributed by atoms with Crippen LogP contribution in [0.5, 0.6) is 0 Å². The molecular formula is C18H22ClN5O2. The van der Waals surface area contributed by atoms with E-state index in [1.54, 1.807) is 7.05 Å². The van der Waals surface area contributed by atoms with Crippen LogP contribution < -0.4 is 5.32 Å². The van der Waals surface area contributed by atoms with Crippen LogP contribution in [0.3, 0.4) is 0 Å². The lowest BCUT2D eigenvalue weighted by molar-refractivity contribution is -0.127. The van der Waals surface area contributed by atoms with Crippen LogP contribution in [0.4, 0.5) is 4.79 Å². The number of likely N-dealkylation sites (tertiary alicyclic amines) is 1. The third kappa shape index (κ3) is 2.90. The van der Waals surface area contributed by atoms with Crippen molar-refractivity contribution in [2.75, 3.05) is 20.1 Å². The van der Waals surface area contributed by atoms with E-state index < -0.39 is 18.2 Å². The van der Waals surface area contributed by atoms with Crippen molar-refractivity contribution in [2.45, 2.75) is 38.0 Å². The number of guanidine groups is 1. The van der Waals surface area contributed by atoms with Gasteiger partial charge in [0, 0.05) is 31.7 Å². The largest absolute Gasteiger partial charge is 0.343 e. The number of nitrogens with zero attached hydrogens (tertiary/aromatic N) is 4. The van der Waals surface area contributed by atoms with Gasteiger partial charge in [0.2, 0.25) is 0 Å². The molecule has 0 aromatic heterocycles. The van der Waals surface area contributed by atoms with Crippen LogP contribution in [0, 0.1) is 0 Å². The number of likely N-dealkylation sites (N-methyl/N-ethyl adjacent to an activating group) is 1. The molecule has 3 amide bonds. The number of aliphatic imine (C=N–C) groups is 1. The molecule has 2 fully saturated rings. The van der Waals surface area contributed by atoms with Crippen molar-refractivity contribution >= 4 is 29.5 Å². The molecule has 3 heterocycles. The van der Waals surface area contributed by atoms with Gasteiger partial charge in [-0.05, 0) is 30.9 Å².